The molecule has 0 spiro atoms. The maximum absolute atomic E-state index is 12.6. The molecule has 1 saturated heterocycles. The van der Waals surface area contributed by atoms with E-state index in [2.05, 4.69) is 17.3 Å². The van der Waals surface area contributed by atoms with Crippen molar-refractivity contribution in [3.05, 3.63) is 59.7 Å². The van der Waals surface area contributed by atoms with Gasteiger partial charge in [-0.05, 0) is 63.5 Å². The first-order valence-corrected chi connectivity index (χ1v) is 9.05. The van der Waals surface area contributed by atoms with Crippen LogP contribution in [0.25, 0.3) is 0 Å². The summed E-state index contributed by atoms with van der Waals surface area (Å²) in [5, 5.41) is 3.43. The number of nitrogens with zero attached hydrogens (tertiary/aromatic N) is 1. The quantitative estimate of drug-likeness (QED) is 0.624. The highest BCUT2D eigenvalue weighted by atomic mass is 16.1. The molecule has 2 aromatic carbocycles. The Balaban J connectivity index is 1.61. The van der Waals surface area contributed by atoms with Gasteiger partial charge >= 0.3 is 0 Å². The second kappa shape index (κ2) is 8.17. The van der Waals surface area contributed by atoms with Gasteiger partial charge in [0, 0.05) is 17.7 Å². The van der Waals surface area contributed by atoms with Gasteiger partial charge in [-0.15, -0.1) is 0 Å². The van der Waals surface area contributed by atoms with E-state index in [0.717, 1.165) is 24.6 Å². The molecular formula is C21H27N3O. The van der Waals surface area contributed by atoms with Gasteiger partial charge in [-0.1, -0.05) is 30.3 Å². The topological polar surface area (TPSA) is 58.4 Å². The molecule has 0 atom stereocenters. The van der Waals surface area contributed by atoms with Crippen molar-refractivity contribution in [2.24, 2.45) is 5.92 Å². The van der Waals surface area contributed by atoms with Crippen LogP contribution in [0.2, 0.25) is 0 Å². The van der Waals surface area contributed by atoms with Gasteiger partial charge in [-0.2, -0.15) is 0 Å². The van der Waals surface area contributed by atoms with Crippen molar-refractivity contribution in [2.75, 3.05) is 37.7 Å². The number of hydrogen-bond donors (Lipinski definition) is 2. The first-order chi connectivity index (χ1) is 12.1. The van der Waals surface area contributed by atoms with Crippen LogP contribution in [-0.2, 0) is 0 Å². The van der Waals surface area contributed by atoms with Crippen LogP contribution < -0.4 is 11.1 Å². The molecule has 0 aromatic heterocycles. The van der Waals surface area contributed by atoms with Crippen LogP contribution in [-0.4, -0.2) is 37.4 Å². The normalized spacial score (nSPS) is 15.9. The number of nitrogen functional groups attached to an aromatic ring is 1. The first kappa shape index (κ1) is 17.5. The van der Waals surface area contributed by atoms with Gasteiger partial charge in [-0.25, -0.2) is 0 Å². The molecule has 0 aliphatic carbocycles. The molecule has 3 N–H and O–H groups in total. The van der Waals surface area contributed by atoms with Gasteiger partial charge in [0.2, 0.25) is 0 Å². The molecule has 1 fully saturated rings. The molecule has 0 radical (unpaired) electrons. The Bertz CT molecular complexity index is 706. The molecule has 0 amide bonds. The van der Waals surface area contributed by atoms with E-state index < -0.39 is 0 Å². The zero-order chi connectivity index (χ0) is 17.6. The molecule has 0 saturated carbocycles. The number of likely N-dealkylation sites (tertiary alicyclic amines) is 1. The fraction of sp³-hybridized carbons (Fsp3) is 0.381. The minimum absolute atomic E-state index is 0.0268. The average molecular weight is 337 g/mol. The van der Waals surface area contributed by atoms with Crippen LogP contribution in [0.15, 0.2) is 48.5 Å². The first-order valence-electron chi connectivity index (χ1n) is 9.05. The Morgan fingerprint density at radius 2 is 1.84 bits per heavy atom. The third-order valence-corrected chi connectivity index (χ3v) is 5.06. The summed E-state index contributed by atoms with van der Waals surface area (Å²) in [6.07, 6.45) is 3.67. The van der Waals surface area contributed by atoms with Crippen LogP contribution in [0, 0.1) is 5.92 Å². The monoisotopic (exact) mass is 337 g/mol. The number of ketones is 1. The van der Waals surface area contributed by atoms with E-state index in [1.165, 1.54) is 25.9 Å². The van der Waals surface area contributed by atoms with Crippen molar-refractivity contribution in [1.82, 2.24) is 4.90 Å². The van der Waals surface area contributed by atoms with E-state index in [1.54, 1.807) is 6.07 Å². The summed E-state index contributed by atoms with van der Waals surface area (Å²) in [6, 6.07) is 14.8. The molecule has 1 heterocycles. The van der Waals surface area contributed by atoms with Gasteiger partial charge < -0.3 is 16.0 Å². The number of benzene rings is 2. The summed E-state index contributed by atoms with van der Waals surface area (Å²) in [6.45, 7) is 3.27. The predicted molar refractivity (Wildman–Crippen MR) is 104 cm³/mol. The lowest BCUT2D eigenvalue weighted by Gasteiger charge is -2.29. The maximum Gasteiger partial charge on any atom is 0.193 e. The summed E-state index contributed by atoms with van der Waals surface area (Å²) in [7, 11) is 2.18. The lowest BCUT2D eigenvalue weighted by Crippen LogP contribution is -2.30. The van der Waals surface area contributed by atoms with Crippen LogP contribution >= 0.6 is 0 Å². The average Bonchev–Trinajstić information content (AvgIpc) is 2.65. The number of carbonyl (C=O) groups is 1. The van der Waals surface area contributed by atoms with E-state index in [9.17, 15) is 4.79 Å². The predicted octanol–water partition coefficient (Wildman–Crippen LogP) is 3.64. The fourth-order valence-electron chi connectivity index (χ4n) is 3.37. The highest BCUT2D eigenvalue weighted by Crippen LogP contribution is 2.24. The lowest BCUT2D eigenvalue weighted by molar-refractivity contribution is 0.103. The second-order valence-electron chi connectivity index (χ2n) is 6.96. The third-order valence-electron chi connectivity index (χ3n) is 5.06. The van der Waals surface area contributed by atoms with Crippen molar-refractivity contribution in [3.8, 4) is 0 Å². The van der Waals surface area contributed by atoms with E-state index in [0.29, 0.717) is 16.8 Å². The molecule has 2 aromatic rings. The number of carbonyl (C=O) groups excluding carboxylic acids is 1. The van der Waals surface area contributed by atoms with Gasteiger partial charge in [0.05, 0.1) is 11.4 Å². The van der Waals surface area contributed by atoms with Gasteiger partial charge in [0.25, 0.3) is 0 Å². The highest BCUT2D eigenvalue weighted by molar-refractivity contribution is 6.09. The molecule has 1 aliphatic heterocycles. The van der Waals surface area contributed by atoms with Gasteiger partial charge in [-0.3, -0.25) is 4.79 Å². The maximum atomic E-state index is 12.6. The van der Waals surface area contributed by atoms with Crippen molar-refractivity contribution in [3.63, 3.8) is 0 Å². The SMILES string of the molecule is CN1CCC(CCNc2cc(C(=O)c3ccccc3)ccc2N)CC1. The largest absolute Gasteiger partial charge is 0.397 e. The summed E-state index contributed by atoms with van der Waals surface area (Å²) >= 11 is 0. The van der Waals surface area contributed by atoms with Crippen molar-refractivity contribution in [2.45, 2.75) is 19.3 Å². The molecule has 4 heteroatoms. The van der Waals surface area contributed by atoms with E-state index in [1.807, 2.05) is 42.5 Å². The van der Waals surface area contributed by atoms with Crippen molar-refractivity contribution in [1.29, 1.82) is 0 Å². The number of nitrogens with two attached hydrogens (primary N) is 1. The minimum Gasteiger partial charge on any atom is -0.397 e. The Labute approximate surface area is 150 Å². The third kappa shape index (κ3) is 4.60. The lowest BCUT2D eigenvalue weighted by atomic mass is 9.94. The van der Waals surface area contributed by atoms with E-state index in [-0.39, 0.29) is 5.78 Å². The van der Waals surface area contributed by atoms with Crippen LogP contribution in [0.3, 0.4) is 0 Å². The number of nitrogens with one attached hydrogen (secondary N) is 1. The molecule has 25 heavy (non-hydrogen) atoms. The summed E-state index contributed by atoms with van der Waals surface area (Å²) in [5.41, 5.74) is 9.00. The smallest absolute Gasteiger partial charge is 0.193 e. The molecule has 0 bridgehead atoms. The molecular weight excluding hydrogens is 310 g/mol. The second-order valence-corrected chi connectivity index (χ2v) is 6.96. The summed E-state index contributed by atoms with van der Waals surface area (Å²) in [4.78, 5) is 15.0. The Morgan fingerprint density at radius 3 is 2.56 bits per heavy atom. The highest BCUT2D eigenvalue weighted by Gasteiger charge is 2.16. The molecule has 0 unspecified atom stereocenters. The Morgan fingerprint density at radius 1 is 1.12 bits per heavy atom. The summed E-state index contributed by atoms with van der Waals surface area (Å²) < 4.78 is 0. The Hall–Kier alpha value is -2.33. The van der Waals surface area contributed by atoms with Crippen molar-refractivity contribution < 1.29 is 4.79 Å². The van der Waals surface area contributed by atoms with Gasteiger partial charge in [0.1, 0.15) is 0 Å². The van der Waals surface area contributed by atoms with Crippen molar-refractivity contribution >= 4 is 17.2 Å². The molecule has 1 aliphatic rings. The Kier molecular flexibility index (Phi) is 5.71. The minimum atomic E-state index is 0.0268. The molecule has 4 nitrogen and oxygen atoms in total. The zero-order valence-electron chi connectivity index (χ0n) is 14.9. The number of rotatable bonds is 6. The van der Waals surface area contributed by atoms with E-state index in [4.69, 9.17) is 5.73 Å². The fourth-order valence-corrected chi connectivity index (χ4v) is 3.37. The number of piperidine rings is 1. The number of hydrogen-bond acceptors (Lipinski definition) is 4. The molecule has 3 rings (SSSR count). The van der Waals surface area contributed by atoms with Gasteiger partial charge in [0.15, 0.2) is 5.78 Å². The zero-order valence-corrected chi connectivity index (χ0v) is 14.9. The number of anilines is 2. The van der Waals surface area contributed by atoms with Crippen LogP contribution in [0.4, 0.5) is 11.4 Å². The standard InChI is InChI=1S/C21H27N3O/c1-24-13-10-16(11-14-24)9-12-23-20-15-18(7-8-19(20)22)21(25)17-5-3-2-4-6-17/h2-8,15-16,23H,9-14,22H2,1H3. The molecule has 132 valence electrons. The van der Waals surface area contributed by atoms with Crippen LogP contribution in [0.1, 0.15) is 35.2 Å². The van der Waals surface area contributed by atoms with Crippen LogP contribution in [0.5, 0.6) is 0 Å². The van der Waals surface area contributed by atoms with E-state index >= 15 is 0 Å². The summed E-state index contributed by atoms with van der Waals surface area (Å²) in [5.74, 6) is 0.804.